The van der Waals surface area contributed by atoms with Crippen LogP contribution >= 0.6 is 0 Å². The molecule has 2 aliphatic rings. The van der Waals surface area contributed by atoms with Crippen LogP contribution in [0.4, 0.5) is 0 Å². The minimum atomic E-state index is -0.253. The highest BCUT2D eigenvalue weighted by molar-refractivity contribution is 5.98. The molecule has 2 aliphatic heterocycles. The van der Waals surface area contributed by atoms with Crippen molar-refractivity contribution in [1.82, 2.24) is 19.9 Å². The zero-order valence-corrected chi connectivity index (χ0v) is 18.1. The second-order valence-corrected chi connectivity index (χ2v) is 8.26. The molecule has 0 saturated carbocycles. The number of hydrogen-bond acceptors (Lipinski definition) is 7. The van der Waals surface area contributed by atoms with Crippen LogP contribution in [0.2, 0.25) is 0 Å². The Kier molecular flexibility index (Phi) is 5.77. The molecule has 1 aromatic heterocycles. The molecule has 1 fully saturated rings. The average Bonchev–Trinajstić information content (AvgIpc) is 2.87. The first-order valence-electron chi connectivity index (χ1n) is 11.1. The van der Waals surface area contributed by atoms with Gasteiger partial charge >= 0.3 is 0 Å². The lowest BCUT2D eigenvalue weighted by Crippen LogP contribution is -2.41. The molecule has 0 aliphatic carbocycles. The number of fused-ring (bicyclic) bond motifs is 2. The number of ketones is 1. The van der Waals surface area contributed by atoms with Crippen molar-refractivity contribution in [1.29, 1.82) is 0 Å². The van der Waals surface area contributed by atoms with Crippen LogP contribution in [0, 0.1) is 5.92 Å². The molecule has 2 aromatic carbocycles. The fraction of sp³-hybridized carbons (Fsp3) is 0.375. The molecular weight excluding hydrogens is 424 g/mol. The number of aryl methyl sites for hydroxylation is 1. The highest BCUT2D eigenvalue weighted by atomic mass is 16.6. The zero-order valence-electron chi connectivity index (χ0n) is 18.1. The van der Waals surface area contributed by atoms with Gasteiger partial charge in [0.05, 0.1) is 11.9 Å². The van der Waals surface area contributed by atoms with Gasteiger partial charge in [0.1, 0.15) is 18.7 Å². The molecule has 1 saturated heterocycles. The summed E-state index contributed by atoms with van der Waals surface area (Å²) in [6.07, 6.45) is 1.37. The van der Waals surface area contributed by atoms with E-state index in [0.717, 1.165) is 0 Å². The van der Waals surface area contributed by atoms with E-state index >= 15 is 0 Å². The van der Waals surface area contributed by atoms with Crippen molar-refractivity contribution in [3.8, 4) is 11.5 Å². The van der Waals surface area contributed by atoms with Crippen LogP contribution in [0.3, 0.4) is 0 Å². The summed E-state index contributed by atoms with van der Waals surface area (Å²) in [4.78, 5) is 40.0. The molecule has 9 heteroatoms. The van der Waals surface area contributed by atoms with Gasteiger partial charge in [-0.1, -0.05) is 17.3 Å². The van der Waals surface area contributed by atoms with Crippen LogP contribution in [0.25, 0.3) is 10.9 Å². The smallest absolute Gasteiger partial charge is 0.277 e. The second kappa shape index (κ2) is 9.01. The summed E-state index contributed by atoms with van der Waals surface area (Å²) in [7, 11) is 0. The minimum absolute atomic E-state index is 0.0536. The van der Waals surface area contributed by atoms with Crippen LogP contribution in [0.15, 0.2) is 47.3 Å². The quantitative estimate of drug-likeness (QED) is 0.551. The van der Waals surface area contributed by atoms with E-state index in [4.69, 9.17) is 9.47 Å². The number of carbonyl (C=O) groups is 2. The molecule has 3 heterocycles. The fourth-order valence-corrected chi connectivity index (χ4v) is 4.35. The predicted octanol–water partition coefficient (Wildman–Crippen LogP) is 2.07. The summed E-state index contributed by atoms with van der Waals surface area (Å²) < 4.78 is 12.3. The van der Waals surface area contributed by atoms with E-state index in [1.54, 1.807) is 47.4 Å². The number of hydrogen-bond donors (Lipinski definition) is 0. The maximum absolute atomic E-state index is 13.0. The summed E-state index contributed by atoms with van der Waals surface area (Å²) >= 11 is 0. The Morgan fingerprint density at radius 3 is 2.58 bits per heavy atom. The molecule has 0 radical (unpaired) electrons. The van der Waals surface area contributed by atoms with E-state index in [0.29, 0.717) is 67.1 Å². The normalized spacial score (nSPS) is 16.1. The lowest BCUT2D eigenvalue weighted by molar-refractivity contribution is -0.132. The number of amides is 1. The Bertz CT molecular complexity index is 1260. The summed E-state index contributed by atoms with van der Waals surface area (Å²) in [6.45, 7) is 2.18. The second-order valence-electron chi connectivity index (χ2n) is 8.26. The molecule has 170 valence electrons. The van der Waals surface area contributed by atoms with Crippen molar-refractivity contribution < 1.29 is 19.1 Å². The van der Waals surface area contributed by atoms with Crippen LogP contribution in [-0.2, 0) is 11.3 Å². The SMILES string of the molecule is O=C(c1ccc2c(c1)OCCO2)C1CCN(C(=O)CCn2nnc3ccccc3c2=O)CC1. The molecule has 0 atom stereocenters. The Labute approximate surface area is 189 Å². The zero-order chi connectivity index (χ0) is 22.8. The average molecular weight is 448 g/mol. The number of carbonyl (C=O) groups excluding carboxylic acids is 2. The Morgan fingerprint density at radius 1 is 1.00 bits per heavy atom. The van der Waals surface area contributed by atoms with Gasteiger partial charge in [-0.05, 0) is 43.2 Å². The first-order chi connectivity index (χ1) is 16.1. The Hall–Kier alpha value is -3.75. The summed E-state index contributed by atoms with van der Waals surface area (Å²) in [5.74, 6) is 1.14. The van der Waals surface area contributed by atoms with E-state index in [9.17, 15) is 14.4 Å². The van der Waals surface area contributed by atoms with E-state index in [-0.39, 0.29) is 36.1 Å². The molecule has 0 unspecified atom stereocenters. The van der Waals surface area contributed by atoms with Gasteiger partial charge in [-0.15, -0.1) is 5.10 Å². The van der Waals surface area contributed by atoms with Crippen molar-refractivity contribution in [3.63, 3.8) is 0 Å². The fourth-order valence-electron chi connectivity index (χ4n) is 4.35. The number of Topliss-reactive ketones (excluding diaryl/α,β-unsaturated/α-hetero) is 1. The van der Waals surface area contributed by atoms with Gasteiger partial charge in [-0.2, -0.15) is 0 Å². The van der Waals surface area contributed by atoms with E-state index < -0.39 is 0 Å². The van der Waals surface area contributed by atoms with Crippen LogP contribution in [-0.4, -0.2) is 57.9 Å². The highest BCUT2D eigenvalue weighted by Gasteiger charge is 2.28. The minimum Gasteiger partial charge on any atom is -0.486 e. The molecule has 5 rings (SSSR count). The van der Waals surface area contributed by atoms with Crippen molar-refractivity contribution in [2.24, 2.45) is 5.92 Å². The van der Waals surface area contributed by atoms with Crippen LogP contribution in [0.1, 0.15) is 29.6 Å². The molecule has 33 heavy (non-hydrogen) atoms. The van der Waals surface area contributed by atoms with Gasteiger partial charge in [0.2, 0.25) is 5.91 Å². The molecule has 3 aromatic rings. The third kappa shape index (κ3) is 4.30. The van der Waals surface area contributed by atoms with E-state index in [2.05, 4.69) is 10.3 Å². The van der Waals surface area contributed by atoms with Gasteiger partial charge in [-0.25, -0.2) is 4.68 Å². The van der Waals surface area contributed by atoms with Gasteiger partial charge in [0.25, 0.3) is 5.56 Å². The van der Waals surface area contributed by atoms with Gasteiger partial charge < -0.3 is 14.4 Å². The molecular formula is C24H24N4O5. The molecule has 0 spiro atoms. The van der Waals surface area contributed by atoms with Crippen molar-refractivity contribution in [2.75, 3.05) is 26.3 Å². The third-order valence-corrected chi connectivity index (χ3v) is 6.21. The first-order valence-corrected chi connectivity index (χ1v) is 11.1. The lowest BCUT2D eigenvalue weighted by Gasteiger charge is -2.31. The number of nitrogens with zero attached hydrogens (tertiary/aromatic N) is 4. The van der Waals surface area contributed by atoms with Crippen molar-refractivity contribution in [3.05, 3.63) is 58.4 Å². The molecule has 0 N–H and O–H groups in total. The number of piperidine rings is 1. The van der Waals surface area contributed by atoms with Crippen molar-refractivity contribution in [2.45, 2.75) is 25.8 Å². The number of rotatable bonds is 5. The molecule has 0 bridgehead atoms. The number of likely N-dealkylation sites (tertiary alicyclic amines) is 1. The number of ether oxygens (including phenoxy) is 2. The Morgan fingerprint density at radius 2 is 1.76 bits per heavy atom. The maximum Gasteiger partial charge on any atom is 0.277 e. The van der Waals surface area contributed by atoms with E-state index in [1.165, 1.54) is 4.68 Å². The molecule has 1 amide bonds. The maximum atomic E-state index is 13.0. The van der Waals surface area contributed by atoms with Gasteiger partial charge in [-0.3, -0.25) is 14.4 Å². The number of aromatic nitrogens is 3. The topological polar surface area (TPSA) is 104 Å². The van der Waals surface area contributed by atoms with Crippen LogP contribution < -0.4 is 15.0 Å². The van der Waals surface area contributed by atoms with Crippen molar-refractivity contribution >= 4 is 22.6 Å². The summed E-state index contributed by atoms with van der Waals surface area (Å²) in [5.41, 5.74) is 0.894. The van der Waals surface area contributed by atoms with Gasteiger partial charge in [0.15, 0.2) is 17.3 Å². The third-order valence-electron chi connectivity index (χ3n) is 6.21. The van der Waals surface area contributed by atoms with E-state index in [1.807, 2.05) is 0 Å². The largest absolute Gasteiger partial charge is 0.486 e. The summed E-state index contributed by atoms with van der Waals surface area (Å²) in [5, 5.41) is 8.48. The van der Waals surface area contributed by atoms with Crippen LogP contribution in [0.5, 0.6) is 11.5 Å². The lowest BCUT2D eigenvalue weighted by atomic mass is 9.88. The summed E-state index contributed by atoms with van der Waals surface area (Å²) in [6, 6.07) is 12.3. The van der Waals surface area contributed by atoms with Gasteiger partial charge in [0, 0.05) is 31.0 Å². The monoisotopic (exact) mass is 448 g/mol. The first kappa shape index (κ1) is 21.1. The standard InChI is InChI=1S/C24H24N4O5/c29-22(9-12-28-24(31)18-3-1-2-4-19(18)25-26-28)27-10-7-16(8-11-27)23(30)17-5-6-20-21(15-17)33-14-13-32-20/h1-6,15-16H,7-14H2. The predicted molar refractivity (Wildman–Crippen MR) is 119 cm³/mol. The molecule has 9 nitrogen and oxygen atoms in total. The Balaban J connectivity index is 1.16. The highest BCUT2D eigenvalue weighted by Crippen LogP contribution is 2.32. The number of benzene rings is 2.